The van der Waals surface area contributed by atoms with Crippen molar-refractivity contribution in [2.75, 3.05) is 5.32 Å². The third kappa shape index (κ3) is 3.73. The van der Waals surface area contributed by atoms with Gasteiger partial charge in [0.1, 0.15) is 0 Å². The highest BCUT2D eigenvalue weighted by molar-refractivity contribution is 7.80. The zero-order valence-corrected chi connectivity index (χ0v) is 14.2. The Morgan fingerprint density at radius 3 is 1.84 bits per heavy atom. The molecule has 0 unspecified atom stereocenters. The monoisotopic (exact) mass is 404 g/mol. The van der Waals surface area contributed by atoms with Crippen LogP contribution in [0.25, 0.3) is 0 Å². The topological polar surface area (TPSA) is 141 Å². The van der Waals surface area contributed by atoms with Gasteiger partial charge in [-0.2, -0.15) is 0 Å². The number of thiol groups is 1. The fraction of sp³-hybridized carbons (Fsp3) is 0. The third-order valence-corrected chi connectivity index (χ3v) is 4.19. The fourth-order valence-corrected chi connectivity index (χ4v) is 2.58. The van der Waals surface area contributed by atoms with Crippen molar-refractivity contribution in [1.82, 2.24) is 0 Å². The smallest absolute Gasteiger partial charge is 0.306 e. The van der Waals surface area contributed by atoms with Gasteiger partial charge in [0.25, 0.3) is 5.69 Å². The molecule has 2 aromatic rings. The summed E-state index contributed by atoms with van der Waals surface area (Å²) in [4.78, 5) is 30.6. The van der Waals surface area contributed by atoms with Crippen LogP contribution < -0.4 is 5.32 Å². The lowest BCUT2D eigenvalue weighted by Gasteiger charge is -2.12. The lowest BCUT2D eigenvalue weighted by molar-refractivity contribution is -0.401. The summed E-state index contributed by atoms with van der Waals surface area (Å²) >= 11 is 16.0. The van der Waals surface area contributed by atoms with E-state index in [9.17, 15) is 30.3 Å². The van der Waals surface area contributed by atoms with Gasteiger partial charge in [0.2, 0.25) is 0 Å². The lowest BCUT2D eigenvalue weighted by atomic mass is 10.2. The van der Waals surface area contributed by atoms with Gasteiger partial charge >= 0.3 is 11.4 Å². The zero-order chi connectivity index (χ0) is 18.9. The molecule has 130 valence electrons. The van der Waals surface area contributed by atoms with Crippen molar-refractivity contribution in [2.45, 2.75) is 4.90 Å². The summed E-state index contributed by atoms with van der Waals surface area (Å²) in [5.74, 6) is 0. The zero-order valence-electron chi connectivity index (χ0n) is 11.8. The van der Waals surface area contributed by atoms with Gasteiger partial charge in [0.05, 0.1) is 42.6 Å². The summed E-state index contributed by atoms with van der Waals surface area (Å²) in [7, 11) is 0. The van der Waals surface area contributed by atoms with Crippen LogP contribution in [0.1, 0.15) is 0 Å². The molecule has 10 nitrogen and oxygen atoms in total. The second kappa shape index (κ2) is 7.09. The molecule has 2 rings (SSSR count). The highest BCUT2D eigenvalue weighted by Crippen LogP contribution is 2.44. The molecule has 0 atom stereocenters. The van der Waals surface area contributed by atoms with Gasteiger partial charge in [-0.25, -0.2) is 0 Å². The molecule has 0 spiro atoms. The Hall–Kier alpha value is -2.63. The third-order valence-electron chi connectivity index (χ3n) is 3.01. The van der Waals surface area contributed by atoms with Crippen LogP contribution in [0.2, 0.25) is 10.0 Å². The molecular formula is C12H6Cl2N4O6S. The normalized spacial score (nSPS) is 10.4. The van der Waals surface area contributed by atoms with Gasteiger partial charge in [0.15, 0.2) is 5.69 Å². The van der Waals surface area contributed by atoms with E-state index in [2.05, 4.69) is 17.9 Å². The maximum absolute atomic E-state index is 11.2. The van der Waals surface area contributed by atoms with Crippen LogP contribution in [0.3, 0.4) is 0 Å². The molecule has 0 amide bonds. The number of nitrogens with one attached hydrogen (secondary N) is 1. The van der Waals surface area contributed by atoms with Crippen LogP contribution in [0.5, 0.6) is 0 Å². The largest absolute Gasteiger partial charge is 0.342 e. The number of nitrogens with zero attached hydrogens (tertiary/aromatic N) is 3. The molecule has 2 aromatic carbocycles. The number of rotatable bonds is 5. The molecule has 0 saturated carbocycles. The number of nitro groups is 3. The highest BCUT2D eigenvalue weighted by Gasteiger charge is 2.31. The number of hydrogen-bond acceptors (Lipinski definition) is 8. The summed E-state index contributed by atoms with van der Waals surface area (Å²) in [5, 5.41) is 35.8. The van der Waals surface area contributed by atoms with Crippen molar-refractivity contribution < 1.29 is 14.8 Å². The first kappa shape index (κ1) is 18.7. The summed E-state index contributed by atoms with van der Waals surface area (Å²) in [5.41, 5.74) is -3.14. The first-order valence-corrected chi connectivity index (χ1v) is 7.39. The standard InChI is InChI=1S/C12H6Cl2N4O6S/c13-6-1-2-9(25)12(10(6)14)15-11-7(17(21)22)3-5(16(19)20)4-8(11)18(23)24/h1-4,15,25H. The van der Waals surface area contributed by atoms with E-state index in [0.717, 1.165) is 0 Å². The van der Waals surface area contributed by atoms with E-state index in [1.54, 1.807) is 0 Å². The van der Waals surface area contributed by atoms with Crippen LogP contribution in [0.4, 0.5) is 28.4 Å². The highest BCUT2D eigenvalue weighted by atomic mass is 35.5. The first-order valence-electron chi connectivity index (χ1n) is 6.18. The van der Waals surface area contributed by atoms with Crippen molar-refractivity contribution in [2.24, 2.45) is 0 Å². The molecule has 0 radical (unpaired) electrons. The molecule has 1 N–H and O–H groups in total. The number of nitro benzene ring substituents is 3. The minimum atomic E-state index is -0.987. The van der Waals surface area contributed by atoms with Crippen LogP contribution in [0, 0.1) is 30.3 Å². The summed E-state index contributed by atoms with van der Waals surface area (Å²) in [6.07, 6.45) is 0. The average Bonchev–Trinajstić information content (AvgIpc) is 2.54. The average molecular weight is 405 g/mol. The molecule has 0 aliphatic rings. The Morgan fingerprint density at radius 2 is 1.40 bits per heavy atom. The number of benzene rings is 2. The number of halogens is 2. The molecule has 0 aromatic heterocycles. The molecule has 0 heterocycles. The van der Waals surface area contributed by atoms with E-state index in [0.29, 0.717) is 12.1 Å². The molecule has 0 fully saturated rings. The van der Waals surface area contributed by atoms with Crippen molar-refractivity contribution in [3.63, 3.8) is 0 Å². The molecule has 13 heteroatoms. The first-order chi connectivity index (χ1) is 11.6. The number of hydrogen-bond donors (Lipinski definition) is 2. The van der Waals surface area contributed by atoms with E-state index in [1.165, 1.54) is 12.1 Å². The number of non-ortho nitro benzene ring substituents is 1. The summed E-state index contributed by atoms with van der Waals surface area (Å²) in [6, 6.07) is 4.04. The van der Waals surface area contributed by atoms with E-state index < -0.39 is 37.5 Å². The quantitative estimate of drug-likeness (QED) is 0.415. The fourth-order valence-electron chi connectivity index (χ4n) is 1.90. The Bertz CT molecular complexity index is 888. The second-order valence-corrected chi connectivity index (χ2v) is 5.78. The van der Waals surface area contributed by atoms with Crippen molar-refractivity contribution in [3.05, 3.63) is 64.7 Å². The SMILES string of the molecule is O=[N+]([O-])c1cc([N+](=O)[O-])c(Nc2c(S)ccc(Cl)c2Cl)c([N+](=O)[O-])c1. The predicted molar refractivity (Wildman–Crippen MR) is 93.4 cm³/mol. The van der Waals surface area contributed by atoms with E-state index in [1.807, 2.05) is 0 Å². The van der Waals surface area contributed by atoms with Crippen LogP contribution in [0.15, 0.2) is 29.2 Å². The van der Waals surface area contributed by atoms with Crippen molar-refractivity contribution >= 4 is 64.3 Å². The molecule has 25 heavy (non-hydrogen) atoms. The van der Waals surface area contributed by atoms with Gasteiger partial charge in [0, 0.05) is 4.90 Å². The maximum Gasteiger partial charge on any atom is 0.306 e. The van der Waals surface area contributed by atoms with E-state index in [-0.39, 0.29) is 20.6 Å². The van der Waals surface area contributed by atoms with Crippen LogP contribution in [-0.4, -0.2) is 14.8 Å². The van der Waals surface area contributed by atoms with Crippen molar-refractivity contribution in [3.8, 4) is 0 Å². The minimum absolute atomic E-state index is 0.0162. The maximum atomic E-state index is 11.2. The minimum Gasteiger partial charge on any atom is -0.342 e. The summed E-state index contributed by atoms with van der Waals surface area (Å²) in [6.45, 7) is 0. The molecule has 0 saturated heterocycles. The predicted octanol–water partition coefficient (Wildman–Crippen LogP) is 4.75. The van der Waals surface area contributed by atoms with Gasteiger partial charge in [-0.3, -0.25) is 30.3 Å². The number of anilines is 2. The molecular weight excluding hydrogens is 399 g/mol. The Kier molecular flexibility index (Phi) is 5.30. The van der Waals surface area contributed by atoms with Gasteiger partial charge in [-0.1, -0.05) is 23.2 Å². The Labute approximate surface area is 154 Å². The van der Waals surface area contributed by atoms with E-state index in [4.69, 9.17) is 23.2 Å². The van der Waals surface area contributed by atoms with Gasteiger partial charge in [-0.15, -0.1) is 12.6 Å². The van der Waals surface area contributed by atoms with Crippen LogP contribution in [-0.2, 0) is 0 Å². The van der Waals surface area contributed by atoms with Crippen molar-refractivity contribution in [1.29, 1.82) is 0 Å². The lowest BCUT2D eigenvalue weighted by Crippen LogP contribution is -2.04. The van der Waals surface area contributed by atoms with Gasteiger partial charge in [-0.05, 0) is 12.1 Å². The molecule has 0 aliphatic carbocycles. The Morgan fingerprint density at radius 1 is 0.880 bits per heavy atom. The summed E-state index contributed by atoms with van der Waals surface area (Å²) < 4.78 is 0. The van der Waals surface area contributed by atoms with E-state index >= 15 is 0 Å². The Balaban J connectivity index is 2.76. The van der Waals surface area contributed by atoms with Crippen LogP contribution >= 0.6 is 35.8 Å². The molecule has 0 bridgehead atoms. The second-order valence-electron chi connectivity index (χ2n) is 4.51. The van der Waals surface area contributed by atoms with Gasteiger partial charge < -0.3 is 5.32 Å². The molecule has 0 aliphatic heterocycles.